The van der Waals surface area contributed by atoms with Crippen LogP contribution in [-0.2, 0) is 17.9 Å². The third-order valence-corrected chi connectivity index (χ3v) is 5.64. The Morgan fingerprint density at radius 1 is 1.17 bits per heavy atom. The Hall–Kier alpha value is -3.39. The van der Waals surface area contributed by atoms with Gasteiger partial charge in [0, 0.05) is 17.5 Å². The lowest BCUT2D eigenvalue weighted by Crippen LogP contribution is -2.32. The van der Waals surface area contributed by atoms with Crippen LogP contribution in [0.1, 0.15) is 11.1 Å². The van der Waals surface area contributed by atoms with Crippen LogP contribution in [0.15, 0.2) is 59.0 Å². The van der Waals surface area contributed by atoms with Gasteiger partial charge in [-0.1, -0.05) is 24.3 Å². The molecule has 1 N–H and O–H groups in total. The normalized spacial score (nSPS) is 11.0. The molecule has 0 aliphatic heterocycles. The van der Waals surface area contributed by atoms with Crippen LogP contribution in [0.5, 0.6) is 0 Å². The number of hydrogen-bond donors (Lipinski definition) is 1. The van der Waals surface area contributed by atoms with Crippen LogP contribution >= 0.6 is 11.3 Å². The van der Waals surface area contributed by atoms with Crippen molar-refractivity contribution in [2.24, 2.45) is 0 Å². The number of rotatable bonds is 5. The number of hydrogen-bond acceptors (Lipinski definition) is 4. The van der Waals surface area contributed by atoms with Crippen molar-refractivity contribution >= 4 is 27.5 Å². The summed E-state index contributed by atoms with van der Waals surface area (Å²) in [5.41, 5.74) is 2.16. The van der Waals surface area contributed by atoms with E-state index in [1.807, 2.05) is 0 Å². The highest BCUT2D eigenvalue weighted by molar-refractivity contribution is 7.17. The molecule has 2 aromatic carbocycles. The molecular weight excluding hydrogens is 408 g/mol. The number of thiophene rings is 1. The van der Waals surface area contributed by atoms with Crippen molar-refractivity contribution < 1.29 is 13.6 Å². The van der Waals surface area contributed by atoms with Crippen molar-refractivity contribution in [2.75, 3.05) is 0 Å². The summed E-state index contributed by atoms with van der Waals surface area (Å²) in [6, 6.07) is 10.6. The number of nitrogens with one attached hydrogen (secondary N) is 1. The molecule has 4 aromatic rings. The largest absolute Gasteiger partial charge is 0.350 e. The van der Waals surface area contributed by atoms with Gasteiger partial charge in [-0.05, 0) is 41.8 Å². The first-order valence-corrected chi connectivity index (χ1v) is 10.0. The van der Waals surface area contributed by atoms with Gasteiger partial charge in [0.1, 0.15) is 23.0 Å². The van der Waals surface area contributed by atoms with E-state index in [0.29, 0.717) is 32.5 Å². The number of fused-ring (bicyclic) bond motifs is 1. The monoisotopic (exact) mass is 425 g/mol. The Kier molecular flexibility index (Phi) is 5.41. The molecule has 4 rings (SSSR count). The lowest BCUT2D eigenvalue weighted by molar-refractivity contribution is -0.121. The lowest BCUT2D eigenvalue weighted by atomic mass is 10.1. The van der Waals surface area contributed by atoms with E-state index in [4.69, 9.17) is 0 Å². The molecule has 1 amide bonds. The third-order valence-electron chi connectivity index (χ3n) is 4.76. The minimum absolute atomic E-state index is 0.153. The molecule has 0 aliphatic rings. The molecule has 0 spiro atoms. The highest BCUT2D eigenvalue weighted by atomic mass is 32.1. The Labute approximate surface area is 174 Å². The maximum atomic E-state index is 13.6. The van der Waals surface area contributed by atoms with Crippen LogP contribution in [0.4, 0.5) is 8.78 Å². The van der Waals surface area contributed by atoms with Gasteiger partial charge in [0.05, 0.1) is 11.7 Å². The van der Waals surface area contributed by atoms with Crippen LogP contribution in [0.2, 0.25) is 0 Å². The van der Waals surface area contributed by atoms with Crippen molar-refractivity contribution in [3.8, 4) is 11.1 Å². The summed E-state index contributed by atoms with van der Waals surface area (Å²) in [5, 5.41) is 4.87. The van der Waals surface area contributed by atoms with E-state index in [9.17, 15) is 18.4 Å². The van der Waals surface area contributed by atoms with Crippen molar-refractivity contribution in [2.45, 2.75) is 20.0 Å². The Morgan fingerprint density at radius 3 is 2.67 bits per heavy atom. The summed E-state index contributed by atoms with van der Waals surface area (Å²) in [5.74, 6) is -1.09. The van der Waals surface area contributed by atoms with E-state index in [1.165, 1.54) is 40.4 Å². The average molecular weight is 425 g/mol. The molecule has 0 saturated heterocycles. The molecular formula is C22H17F2N3O2S. The lowest BCUT2D eigenvalue weighted by Gasteiger charge is -2.08. The van der Waals surface area contributed by atoms with E-state index in [0.717, 1.165) is 0 Å². The number of carbonyl (C=O) groups excluding carboxylic acids is 1. The number of aryl methyl sites for hydroxylation is 1. The first-order chi connectivity index (χ1) is 14.4. The van der Waals surface area contributed by atoms with Crippen LogP contribution in [0.3, 0.4) is 0 Å². The highest BCUT2D eigenvalue weighted by Crippen LogP contribution is 2.30. The van der Waals surface area contributed by atoms with E-state index in [1.54, 1.807) is 36.6 Å². The molecule has 0 aliphatic carbocycles. The summed E-state index contributed by atoms with van der Waals surface area (Å²) in [6.07, 6.45) is 1.33. The molecule has 0 unspecified atom stereocenters. The molecule has 0 atom stereocenters. The first kappa shape index (κ1) is 19.9. The molecule has 5 nitrogen and oxygen atoms in total. The second kappa shape index (κ2) is 8.16. The fourth-order valence-corrected chi connectivity index (χ4v) is 3.99. The number of halogens is 2. The second-order valence-corrected chi connectivity index (χ2v) is 7.73. The van der Waals surface area contributed by atoms with Gasteiger partial charge >= 0.3 is 0 Å². The number of benzene rings is 2. The number of nitrogens with zero attached hydrogens (tertiary/aromatic N) is 2. The Bertz CT molecular complexity index is 1300. The highest BCUT2D eigenvalue weighted by Gasteiger charge is 2.15. The summed E-state index contributed by atoms with van der Waals surface area (Å²) < 4.78 is 28.1. The fraction of sp³-hybridized carbons (Fsp3) is 0.136. The van der Waals surface area contributed by atoms with Gasteiger partial charge < -0.3 is 5.32 Å². The van der Waals surface area contributed by atoms with Gasteiger partial charge in [0.2, 0.25) is 5.91 Å². The molecule has 2 heterocycles. The average Bonchev–Trinajstić information content (AvgIpc) is 3.16. The zero-order chi connectivity index (χ0) is 21.3. The van der Waals surface area contributed by atoms with Crippen LogP contribution in [0, 0.1) is 18.6 Å². The molecule has 30 heavy (non-hydrogen) atoms. The second-order valence-electron chi connectivity index (χ2n) is 6.87. The van der Waals surface area contributed by atoms with Crippen LogP contribution in [-0.4, -0.2) is 15.5 Å². The summed E-state index contributed by atoms with van der Waals surface area (Å²) in [7, 11) is 0. The van der Waals surface area contributed by atoms with Gasteiger partial charge in [-0.2, -0.15) is 0 Å². The van der Waals surface area contributed by atoms with E-state index < -0.39 is 5.91 Å². The van der Waals surface area contributed by atoms with Crippen molar-refractivity contribution in [1.29, 1.82) is 0 Å². The van der Waals surface area contributed by atoms with E-state index in [-0.39, 0.29) is 30.3 Å². The number of amides is 1. The minimum atomic E-state index is -0.391. The van der Waals surface area contributed by atoms with Gasteiger partial charge in [0.25, 0.3) is 5.56 Å². The zero-order valence-corrected chi connectivity index (χ0v) is 16.8. The predicted octanol–water partition coefficient (Wildman–Crippen LogP) is 4.03. The predicted molar refractivity (Wildman–Crippen MR) is 112 cm³/mol. The third kappa shape index (κ3) is 3.99. The van der Waals surface area contributed by atoms with Gasteiger partial charge in [0.15, 0.2) is 0 Å². The first-order valence-electron chi connectivity index (χ1n) is 9.16. The molecule has 2 aromatic heterocycles. The van der Waals surface area contributed by atoms with Gasteiger partial charge in [-0.25, -0.2) is 13.8 Å². The Morgan fingerprint density at radius 2 is 1.93 bits per heavy atom. The summed E-state index contributed by atoms with van der Waals surface area (Å²) in [6.45, 7) is 1.60. The molecule has 0 fully saturated rings. The van der Waals surface area contributed by atoms with E-state index in [2.05, 4.69) is 10.3 Å². The van der Waals surface area contributed by atoms with Gasteiger partial charge in [-0.3, -0.25) is 14.2 Å². The smallest absolute Gasteiger partial charge is 0.263 e. The zero-order valence-electron chi connectivity index (χ0n) is 16.0. The van der Waals surface area contributed by atoms with E-state index >= 15 is 0 Å². The van der Waals surface area contributed by atoms with Crippen LogP contribution in [0.25, 0.3) is 21.3 Å². The van der Waals surface area contributed by atoms with Crippen molar-refractivity contribution in [1.82, 2.24) is 14.9 Å². The fourth-order valence-electron chi connectivity index (χ4n) is 3.08. The number of aromatic nitrogens is 2. The Balaban J connectivity index is 1.55. The van der Waals surface area contributed by atoms with Crippen molar-refractivity contribution in [3.05, 3.63) is 87.3 Å². The quantitative estimate of drug-likeness (QED) is 0.525. The maximum absolute atomic E-state index is 13.6. The van der Waals surface area contributed by atoms with Gasteiger partial charge in [-0.15, -0.1) is 11.3 Å². The SMILES string of the molecule is Cc1ccc(CNC(=O)Cn2cnc3scc(-c4ccc(F)cc4)c3c2=O)cc1F. The maximum Gasteiger partial charge on any atom is 0.263 e. The molecule has 0 saturated carbocycles. The molecule has 8 heteroatoms. The minimum Gasteiger partial charge on any atom is -0.350 e. The molecule has 0 radical (unpaired) electrons. The number of carbonyl (C=O) groups is 1. The van der Waals surface area contributed by atoms with Crippen LogP contribution < -0.4 is 10.9 Å². The standard InChI is InChI=1S/C22H17F2N3O2S/c1-13-2-3-14(8-18(13)24)9-25-19(28)10-27-12-26-21-20(22(27)29)17(11-30-21)15-4-6-16(23)7-5-15/h2-8,11-12H,9-10H2,1H3,(H,25,28). The summed E-state index contributed by atoms with van der Waals surface area (Å²) >= 11 is 1.31. The topological polar surface area (TPSA) is 64.0 Å². The summed E-state index contributed by atoms with van der Waals surface area (Å²) in [4.78, 5) is 30.1. The van der Waals surface area contributed by atoms with Crippen molar-refractivity contribution in [3.63, 3.8) is 0 Å². The molecule has 0 bridgehead atoms. The molecule has 152 valence electrons.